The van der Waals surface area contributed by atoms with Crippen LogP contribution in [0.15, 0.2) is 24.3 Å². The second kappa shape index (κ2) is 4.42. The van der Waals surface area contributed by atoms with Gasteiger partial charge < -0.3 is 10.5 Å². The Labute approximate surface area is 84.0 Å². The molecule has 0 aliphatic rings. The van der Waals surface area contributed by atoms with Gasteiger partial charge in [-0.15, -0.1) is 0 Å². The molecule has 0 aromatic heterocycles. The Morgan fingerprint density at radius 3 is 2.92 bits per heavy atom. The van der Waals surface area contributed by atoms with Gasteiger partial charge in [0.05, 0.1) is 6.54 Å². The lowest BCUT2D eigenvalue weighted by Crippen LogP contribution is -2.19. The van der Waals surface area contributed by atoms with Gasteiger partial charge in [-0.1, -0.05) is 6.07 Å². The Morgan fingerprint density at radius 2 is 2.33 bits per heavy atom. The Balaban J connectivity index is 2.69. The van der Waals surface area contributed by atoms with Crippen LogP contribution in [0.5, 0.6) is 5.75 Å². The van der Waals surface area contributed by atoms with Crippen LogP contribution in [-0.2, 0) is 4.79 Å². The van der Waals surface area contributed by atoms with E-state index in [0.29, 0.717) is 5.75 Å². The summed E-state index contributed by atoms with van der Waals surface area (Å²) in [7, 11) is 0. The number of benzene rings is 1. The third-order valence-corrected chi connectivity index (χ3v) is 1.87. The second-order valence-corrected chi connectivity index (χ2v) is 3.38. The zero-order valence-corrected chi connectivity index (χ0v) is 8.45. The van der Waals surface area contributed by atoms with E-state index < -0.39 is 5.97 Å². The number of esters is 1. The van der Waals surface area contributed by atoms with Crippen molar-refractivity contribution in [2.75, 3.05) is 6.54 Å². The molecule has 0 bridgehead atoms. The largest absolute Gasteiger partial charge is 0.426 e. The Morgan fingerprint density at radius 1 is 1.58 bits per heavy atom. The first-order chi connectivity index (χ1) is 5.72. The molecular weight excluding hydrogens is 269 g/mol. The second-order valence-electron chi connectivity index (χ2n) is 2.14. The van der Waals surface area contributed by atoms with E-state index in [0.717, 1.165) is 3.57 Å². The fourth-order valence-corrected chi connectivity index (χ4v) is 1.22. The van der Waals surface area contributed by atoms with E-state index in [1.54, 1.807) is 12.1 Å². The maximum atomic E-state index is 10.7. The molecule has 0 unspecified atom stereocenters. The highest BCUT2D eigenvalue weighted by molar-refractivity contribution is 14.1. The first-order valence-corrected chi connectivity index (χ1v) is 4.46. The van der Waals surface area contributed by atoms with Crippen molar-refractivity contribution in [2.45, 2.75) is 0 Å². The van der Waals surface area contributed by atoms with Gasteiger partial charge >= 0.3 is 5.97 Å². The number of hydrogen-bond acceptors (Lipinski definition) is 3. The zero-order chi connectivity index (χ0) is 8.97. The summed E-state index contributed by atoms with van der Waals surface area (Å²) in [5, 5.41) is 0. The van der Waals surface area contributed by atoms with E-state index in [9.17, 15) is 4.79 Å². The van der Waals surface area contributed by atoms with Crippen molar-refractivity contribution in [1.29, 1.82) is 0 Å². The Kier molecular flexibility index (Phi) is 3.48. The van der Waals surface area contributed by atoms with Gasteiger partial charge in [-0.05, 0) is 40.8 Å². The molecule has 4 heteroatoms. The lowest BCUT2D eigenvalue weighted by molar-refractivity contribution is -0.132. The van der Waals surface area contributed by atoms with Crippen LogP contribution in [0.25, 0.3) is 0 Å². The maximum Gasteiger partial charge on any atom is 0.325 e. The standard InChI is InChI=1S/C8H8INO2/c9-6-2-1-3-7(4-6)12-8(11)5-10/h1-4H,5,10H2. The number of nitrogens with two attached hydrogens (primary N) is 1. The molecule has 2 N–H and O–H groups in total. The minimum atomic E-state index is -0.419. The molecule has 1 aromatic rings. The lowest BCUT2D eigenvalue weighted by Gasteiger charge is -2.01. The number of carbonyl (C=O) groups is 1. The van der Waals surface area contributed by atoms with Crippen LogP contribution in [-0.4, -0.2) is 12.5 Å². The summed E-state index contributed by atoms with van der Waals surface area (Å²) in [4.78, 5) is 10.7. The number of hydrogen-bond donors (Lipinski definition) is 1. The van der Waals surface area contributed by atoms with E-state index in [-0.39, 0.29) is 6.54 Å². The minimum absolute atomic E-state index is 0.0918. The number of carbonyl (C=O) groups excluding carboxylic acids is 1. The monoisotopic (exact) mass is 277 g/mol. The average Bonchev–Trinajstić information content (AvgIpc) is 2.04. The quantitative estimate of drug-likeness (QED) is 0.501. The van der Waals surface area contributed by atoms with E-state index in [1.165, 1.54) is 0 Å². The molecule has 12 heavy (non-hydrogen) atoms. The highest BCUT2D eigenvalue weighted by atomic mass is 127. The van der Waals surface area contributed by atoms with Crippen molar-refractivity contribution in [3.63, 3.8) is 0 Å². The van der Waals surface area contributed by atoms with Crippen LogP contribution >= 0.6 is 22.6 Å². The Bertz CT molecular complexity index is 288. The minimum Gasteiger partial charge on any atom is -0.426 e. The predicted molar refractivity (Wildman–Crippen MR) is 53.8 cm³/mol. The molecule has 0 aliphatic heterocycles. The third-order valence-electron chi connectivity index (χ3n) is 1.19. The average molecular weight is 277 g/mol. The molecule has 0 aliphatic carbocycles. The van der Waals surface area contributed by atoms with Gasteiger partial charge in [0, 0.05) is 3.57 Å². The first-order valence-electron chi connectivity index (χ1n) is 3.38. The fraction of sp³-hybridized carbons (Fsp3) is 0.125. The number of halogens is 1. The summed E-state index contributed by atoms with van der Waals surface area (Å²) in [5.74, 6) is 0.120. The topological polar surface area (TPSA) is 52.3 Å². The zero-order valence-electron chi connectivity index (χ0n) is 6.29. The van der Waals surface area contributed by atoms with Crippen LogP contribution in [0, 0.1) is 3.57 Å². The van der Waals surface area contributed by atoms with Crippen molar-refractivity contribution in [1.82, 2.24) is 0 Å². The molecule has 0 saturated carbocycles. The Hall–Kier alpha value is -0.620. The fourth-order valence-electron chi connectivity index (χ4n) is 0.704. The van der Waals surface area contributed by atoms with Gasteiger partial charge in [-0.2, -0.15) is 0 Å². The van der Waals surface area contributed by atoms with Crippen LogP contribution in [0.4, 0.5) is 0 Å². The molecule has 0 amide bonds. The van der Waals surface area contributed by atoms with Crippen LogP contribution in [0.3, 0.4) is 0 Å². The summed E-state index contributed by atoms with van der Waals surface area (Å²) in [6, 6.07) is 7.23. The van der Waals surface area contributed by atoms with Gasteiger partial charge in [0.1, 0.15) is 5.75 Å². The summed E-state index contributed by atoms with van der Waals surface area (Å²) < 4.78 is 5.90. The summed E-state index contributed by atoms with van der Waals surface area (Å²) in [6.45, 7) is -0.0918. The molecule has 0 fully saturated rings. The molecule has 0 heterocycles. The van der Waals surface area contributed by atoms with Crippen molar-refractivity contribution in [3.8, 4) is 5.75 Å². The number of ether oxygens (including phenoxy) is 1. The molecule has 0 spiro atoms. The van der Waals surface area contributed by atoms with Gasteiger partial charge in [0.15, 0.2) is 0 Å². The smallest absolute Gasteiger partial charge is 0.325 e. The van der Waals surface area contributed by atoms with Crippen molar-refractivity contribution < 1.29 is 9.53 Å². The normalized spacial score (nSPS) is 9.50. The van der Waals surface area contributed by atoms with Crippen molar-refractivity contribution in [3.05, 3.63) is 27.8 Å². The maximum absolute atomic E-state index is 10.7. The van der Waals surface area contributed by atoms with Gasteiger partial charge in [0.2, 0.25) is 0 Å². The van der Waals surface area contributed by atoms with E-state index >= 15 is 0 Å². The van der Waals surface area contributed by atoms with Crippen LogP contribution in [0.2, 0.25) is 0 Å². The SMILES string of the molecule is NCC(=O)Oc1cccc(I)c1. The van der Waals surface area contributed by atoms with Crippen LogP contribution in [0.1, 0.15) is 0 Å². The molecule has 1 aromatic carbocycles. The van der Waals surface area contributed by atoms with Crippen molar-refractivity contribution in [2.24, 2.45) is 5.73 Å². The summed E-state index contributed by atoms with van der Waals surface area (Å²) in [6.07, 6.45) is 0. The molecule has 1 rings (SSSR count). The van der Waals surface area contributed by atoms with Gasteiger partial charge in [-0.25, -0.2) is 0 Å². The molecular formula is C8H8INO2. The molecule has 0 saturated heterocycles. The first kappa shape index (κ1) is 9.47. The number of rotatable bonds is 2. The third kappa shape index (κ3) is 2.78. The lowest BCUT2D eigenvalue weighted by atomic mass is 10.3. The van der Waals surface area contributed by atoms with E-state index in [2.05, 4.69) is 22.6 Å². The summed E-state index contributed by atoms with van der Waals surface area (Å²) >= 11 is 2.14. The van der Waals surface area contributed by atoms with Crippen LogP contribution < -0.4 is 10.5 Å². The molecule has 64 valence electrons. The van der Waals surface area contributed by atoms with Gasteiger partial charge in [-0.3, -0.25) is 4.79 Å². The highest BCUT2D eigenvalue weighted by Crippen LogP contribution is 2.14. The van der Waals surface area contributed by atoms with Gasteiger partial charge in [0.25, 0.3) is 0 Å². The molecule has 3 nitrogen and oxygen atoms in total. The molecule has 0 atom stereocenters. The van der Waals surface area contributed by atoms with E-state index in [4.69, 9.17) is 10.5 Å². The molecule has 0 radical (unpaired) electrons. The predicted octanol–water partition coefficient (Wildman–Crippen LogP) is 1.16. The highest BCUT2D eigenvalue weighted by Gasteiger charge is 2.00. The van der Waals surface area contributed by atoms with E-state index in [1.807, 2.05) is 12.1 Å². The summed E-state index contributed by atoms with van der Waals surface area (Å²) in [5.41, 5.74) is 5.08. The van der Waals surface area contributed by atoms with Crippen molar-refractivity contribution >= 4 is 28.6 Å².